The van der Waals surface area contributed by atoms with Crippen LogP contribution >= 0.6 is 8.58 Å². The van der Waals surface area contributed by atoms with Gasteiger partial charge in [0, 0.05) is 10.9 Å². The maximum absolute atomic E-state index is 11.8. The highest BCUT2D eigenvalue weighted by Gasteiger charge is 2.12. The molecule has 0 aliphatic rings. The summed E-state index contributed by atoms with van der Waals surface area (Å²) >= 11 is 0. The van der Waals surface area contributed by atoms with Gasteiger partial charge < -0.3 is 9.47 Å². The number of carbonyl (C=O) groups excluding carboxylic acids is 1. The van der Waals surface area contributed by atoms with Crippen molar-refractivity contribution in [3.8, 4) is 11.5 Å². The van der Waals surface area contributed by atoms with E-state index >= 15 is 0 Å². The quantitative estimate of drug-likeness (QED) is 0.629. The van der Waals surface area contributed by atoms with Crippen LogP contribution in [0.1, 0.15) is 22.8 Å². The number of methoxy groups -OCH3 is 2. The van der Waals surface area contributed by atoms with Crippen molar-refractivity contribution in [2.45, 2.75) is 13.8 Å². The van der Waals surface area contributed by atoms with Gasteiger partial charge >= 0.3 is 0 Å². The minimum absolute atomic E-state index is 0.0862. The second-order valence-corrected chi connectivity index (χ2v) is 6.12. The summed E-state index contributed by atoms with van der Waals surface area (Å²) < 4.78 is 10.7. The van der Waals surface area contributed by atoms with Crippen molar-refractivity contribution in [2.75, 3.05) is 14.2 Å². The molecule has 0 heterocycles. The van der Waals surface area contributed by atoms with E-state index in [0.717, 1.165) is 33.2 Å². The molecule has 4 heteroatoms. The first-order valence-electron chi connectivity index (χ1n) is 6.65. The zero-order valence-corrected chi connectivity index (χ0v) is 13.7. The molecule has 3 nitrogen and oxygen atoms in total. The van der Waals surface area contributed by atoms with Crippen molar-refractivity contribution in [1.82, 2.24) is 0 Å². The van der Waals surface area contributed by atoms with E-state index in [2.05, 4.69) is 0 Å². The molecule has 1 unspecified atom stereocenters. The van der Waals surface area contributed by atoms with Crippen LogP contribution in [0.5, 0.6) is 11.5 Å². The maximum atomic E-state index is 11.8. The Balaban J connectivity index is 2.44. The molecule has 0 N–H and O–H groups in total. The van der Waals surface area contributed by atoms with Crippen molar-refractivity contribution in [3.63, 3.8) is 0 Å². The summed E-state index contributed by atoms with van der Waals surface area (Å²) in [6, 6.07) is 11.7. The van der Waals surface area contributed by atoms with Crippen molar-refractivity contribution in [3.05, 3.63) is 47.5 Å². The molecule has 0 bridgehead atoms. The average Bonchev–Trinajstić information content (AvgIpc) is 2.48. The number of ketones is 1. The monoisotopic (exact) mass is 302 g/mol. The van der Waals surface area contributed by atoms with Gasteiger partial charge in [-0.05, 0) is 43.4 Å². The van der Waals surface area contributed by atoms with Gasteiger partial charge in [-0.1, -0.05) is 26.3 Å². The Morgan fingerprint density at radius 1 is 1.00 bits per heavy atom. The lowest BCUT2D eigenvalue weighted by Gasteiger charge is -2.13. The minimum atomic E-state index is 0.0862. The molecule has 110 valence electrons. The molecule has 1 atom stereocenters. The first-order valence-corrected chi connectivity index (χ1v) is 7.65. The standard InChI is InChI=1S/C17H19O3P/c1-11-5-8-16(14(9-11)12(2)18)21-17-10-13(19-3)6-7-15(17)20-4/h5-10,21H,1-4H3. The molecule has 0 saturated carbocycles. The molecular weight excluding hydrogens is 283 g/mol. The highest BCUT2D eigenvalue weighted by Crippen LogP contribution is 2.25. The largest absolute Gasteiger partial charge is 0.497 e. The fourth-order valence-corrected chi connectivity index (χ4v) is 3.48. The molecule has 21 heavy (non-hydrogen) atoms. The molecular formula is C17H19O3P. The van der Waals surface area contributed by atoms with Gasteiger partial charge in [0.25, 0.3) is 0 Å². The number of aryl methyl sites for hydroxylation is 1. The summed E-state index contributed by atoms with van der Waals surface area (Å²) in [6.07, 6.45) is 0. The summed E-state index contributed by atoms with van der Waals surface area (Å²) in [5.41, 5.74) is 1.87. The van der Waals surface area contributed by atoms with Crippen LogP contribution in [0.25, 0.3) is 0 Å². The van der Waals surface area contributed by atoms with Gasteiger partial charge in [-0.3, -0.25) is 4.79 Å². The average molecular weight is 302 g/mol. The van der Waals surface area contributed by atoms with Gasteiger partial charge in [0.15, 0.2) is 5.78 Å². The molecule has 0 aromatic heterocycles. The van der Waals surface area contributed by atoms with Crippen LogP contribution in [0, 0.1) is 6.92 Å². The number of carbonyl (C=O) groups is 1. The molecule has 0 spiro atoms. The number of Topliss-reactive ketones (excluding diaryl/α,β-unsaturated/α-hetero) is 1. The lowest BCUT2D eigenvalue weighted by atomic mass is 10.1. The van der Waals surface area contributed by atoms with E-state index in [9.17, 15) is 4.79 Å². The smallest absolute Gasteiger partial charge is 0.160 e. The summed E-state index contributed by atoms with van der Waals surface area (Å²) in [5, 5.41) is 2.06. The summed E-state index contributed by atoms with van der Waals surface area (Å²) in [4.78, 5) is 11.8. The number of hydrogen-bond acceptors (Lipinski definition) is 3. The SMILES string of the molecule is COc1ccc(OC)c(Pc2ccc(C)cc2C(C)=O)c1. The van der Waals surface area contributed by atoms with Crippen molar-refractivity contribution in [2.24, 2.45) is 0 Å². The Morgan fingerprint density at radius 3 is 2.38 bits per heavy atom. The number of rotatable bonds is 5. The minimum Gasteiger partial charge on any atom is -0.497 e. The number of ether oxygens (including phenoxy) is 2. The van der Waals surface area contributed by atoms with Crippen LogP contribution in [0.2, 0.25) is 0 Å². The molecule has 0 radical (unpaired) electrons. The van der Waals surface area contributed by atoms with E-state index in [1.807, 2.05) is 43.3 Å². The molecule has 2 aromatic carbocycles. The Hall–Kier alpha value is -1.86. The van der Waals surface area contributed by atoms with E-state index in [-0.39, 0.29) is 5.78 Å². The lowest BCUT2D eigenvalue weighted by Crippen LogP contribution is -2.14. The Kier molecular flexibility index (Phi) is 4.98. The highest BCUT2D eigenvalue weighted by atomic mass is 31.1. The van der Waals surface area contributed by atoms with Gasteiger partial charge in [-0.2, -0.15) is 0 Å². The summed E-state index contributed by atoms with van der Waals surface area (Å²) in [5.74, 6) is 1.68. The fourth-order valence-electron chi connectivity index (χ4n) is 2.12. The predicted octanol–water partition coefficient (Wildman–Crippen LogP) is 2.84. The van der Waals surface area contributed by atoms with Gasteiger partial charge in [0.05, 0.1) is 14.2 Å². The van der Waals surface area contributed by atoms with Gasteiger partial charge in [-0.25, -0.2) is 0 Å². The van der Waals surface area contributed by atoms with Crippen LogP contribution in [0.15, 0.2) is 36.4 Å². The Bertz CT molecular complexity index is 665. The molecule has 0 saturated heterocycles. The molecule has 2 aromatic rings. The first-order chi connectivity index (χ1) is 10.0. The molecule has 0 aliphatic heterocycles. The van der Waals surface area contributed by atoms with Gasteiger partial charge in [0.1, 0.15) is 11.5 Å². The lowest BCUT2D eigenvalue weighted by molar-refractivity contribution is 0.101. The van der Waals surface area contributed by atoms with Gasteiger partial charge in [0.2, 0.25) is 0 Å². The second kappa shape index (κ2) is 6.73. The third kappa shape index (κ3) is 3.62. The fraction of sp³-hybridized carbons (Fsp3) is 0.235. The van der Waals surface area contributed by atoms with Crippen LogP contribution in [0.4, 0.5) is 0 Å². The van der Waals surface area contributed by atoms with E-state index < -0.39 is 0 Å². The third-order valence-corrected chi connectivity index (χ3v) is 4.60. The normalized spacial score (nSPS) is 10.9. The van der Waals surface area contributed by atoms with Crippen molar-refractivity contribution < 1.29 is 14.3 Å². The molecule has 0 fully saturated rings. The van der Waals surface area contributed by atoms with Crippen LogP contribution in [0.3, 0.4) is 0 Å². The second-order valence-electron chi connectivity index (χ2n) is 4.80. The molecule has 0 aliphatic carbocycles. The van der Waals surface area contributed by atoms with Crippen molar-refractivity contribution in [1.29, 1.82) is 0 Å². The highest BCUT2D eigenvalue weighted by molar-refractivity contribution is 7.56. The van der Waals surface area contributed by atoms with E-state index in [1.165, 1.54) is 0 Å². The van der Waals surface area contributed by atoms with E-state index in [4.69, 9.17) is 9.47 Å². The van der Waals surface area contributed by atoms with Crippen LogP contribution in [-0.4, -0.2) is 20.0 Å². The number of benzene rings is 2. The predicted molar refractivity (Wildman–Crippen MR) is 88.3 cm³/mol. The Morgan fingerprint density at radius 2 is 1.76 bits per heavy atom. The number of hydrogen-bond donors (Lipinski definition) is 0. The maximum Gasteiger partial charge on any atom is 0.160 e. The summed E-state index contributed by atoms with van der Waals surface area (Å²) in [7, 11) is 3.63. The zero-order chi connectivity index (χ0) is 15.4. The van der Waals surface area contributed by atoms with Crippen LogP contribution in [-0.2, 0) is 0 Å². The van der Waals surface area contributed by atoms with E-state index in [0.29, 0.717) is 8.58 Å². The Labute approximate surface area is 127 Å². The molecule has 0 amide bonds. The third-order valence-electron chi connectivity index (χ3n) is 3.23. The topological polar surface area (TPSA) is 35.5 Å². The molecule has 2 rings (SSSR count). The zero-order valence-electron chi connectivity index (χ0n) is 12.7. The first kappa shape index (κ1) is 15.5. The van der Waals surface area contributed by atoms with Crippen LogP contribution < -0.4 is 20.1 Å². The van der Waals surface area contributed by atoms with Crippen molar-refractivity contribution >= 4 is 25.0 Å². The van der Waals surface area contributed by atoms with E-state index in [1.54, 1.807) is 21.1 Å². The van der Waals surface area contributed by atoms with Gasteiger partial charge in [-0.15, -0.1) is 0 Å². The summed E-state index contributed by atoms with van der Waals surface area (Å²) in [6.45, 7) is 3.59.